The molecule has 0 aliphatic carbocycles. The van der Waals surface area contributed by atoms with Crippen molar-refractivity contribution in [3.05, 3.63) is 237 Å². The first-order valence-electron chi connectivity index (χ1n) is 22.2. The van der Waals surface area contributed by atoms with Crippen LogP contribution < -0.4 is 0 Å². The summed E-state index contributed by atoms with van der Waals surface area (Å²) in [5, 5.41) is 9.75. The summed E-state index contributed by atoms with van der Waals surface area (Å²) in [5.41, 5.74) is 16.0. The Kier molecular flexibility index (Phi) is 10.1. The minimum absolute atomic E-state index is 0. The normalized spacial score (nSPS) is 11.5. The number of pyridine rings is 3. The molecule has 13 aromatic rings. The van der Waals surface area contributed by atoms with Gasteiger partial charge in [-0.1, -0.05) is 127 Å². The van der Waals surface area contributed by atoms with E-state index < -0.39 is 0 Å². The number of fused-ring (bicyclic) bond motifs is 9. The molecule has 0 bridgehead atoms. The first-order valence-corrected chi connectivity index (χ1v) is 22.2. The standard InChI is InChI=1S/C63H36N3.Ir/c1-4-22-58-40(13-1)25-28-43-31-49(37-64-61(43)58)55-19-10-7-16-52(55)46-34-47(53-17-8-11-20-56(53)50-32-44-29-26-41-14-2-5-23-59(41)62(44)65-38-50)36-48(35-46)54-18-9-12-21-57(54)51-33-45-30-27-42-15-3-6-24-60(42)63(45)66-39-51;/h1-21,25-39H;/q-3;+3. The van der Waals surface area contributed by atoms with Crippen molar-refractivity contribution >= 4 is 65.0 Å². The fraction of sp³-hybridized carbons (Fsp3) is 0. The summed E-state index contributed by atoms with van der Waals surface area (Å²) in [5.74, 6) is 0. The molecule has 0 amide bonds. The number of nitrogens with zero attached hydrogens (tertiary/aromatic N) is 3. The van der Waals surface area contributed by atoms with Crippen LogP contribution >= 0.6 is 0 Å². The molecule has 0 aliphatic rings. The van der Waals surface area contributed by atoms with E-state index >= 15 is 0 Å². The van der Waals surface area contributed by atoms with Gasteiger partial charge in [-0.3, -0.25) is 0 Å². The minimum Gasteiger partial charge on any atom is -0.303 e. The van der Waals surface area contributed by atoms with Crippen molar-refractivity contribution in [3.8, 4) is 66.8 Å². The third kappa shape index (κ3) is 7.06. The largest absolute Gasteiger partial charge is 3.00 e. The van der Waals surface area contributed by atoms with Crippen LogP contribution in [0, 0.1) is 18.2 Å². The number of aromatic nitrogens is 3. The molecule has 0 fully saturated rings. The molecule has 0 spiro atoms. The molecule has 0 saturated heterocycles. The maximum atomic E-state index is 5.07. The van der Waals surface area contributed by atoms with E-state index in [0.717, 1.165) is 132 Å². The van der Waals surface area contributed by atoms with E-state index in [0.29, 0.717) is 0 Å². The third-order valence-electron chi connectivity index (χ3n) is 13.0. The summed E-state index contributed by atoms with van der Waals surface area (Å²) < 4.78 is 0. The maximum Gasteiger partial charge on any atom is 3.00 e. The van der Waals surface area contributed by atoms with Crippen LogP contribution in [0.4, 0.5) is 0 Å². The molecule has 67 heavy (non-hydrogen) atoms. The van der Waals surface area contributed by atoms with Crippen LogP contribution in [0.1, 0.15) is 0 Å². The van der Waals surface area contributed by atoms with Gasteiger partial charge in [0.15, 0.2) is 0 Å². The Balaban J connectivity index is 0.00000468. The summed E-state index contributed by atoms with van der Waals surface area (Å²) in [7, 11) is 0. The van der Waals surface area contributed by atoms with Gasteiger partial charge in [0.1, 0.15) is 0 Å². The van der Waals surface area contributed by atoms with Crippen LogP contribution in [0.25, 0.3) is 132 Å². The summed E-state index contributed by atoms with van der Waals surface area (Å²) in [6.45, 7) is 0. The zero-order valence-electron chi connectivity index (χ0n) is 36.0. The molecule has 0 saturated carbocycles. The van der Waals surface area contributed by atoms with Crippen molar-refractivity contribution in [1.29, 1.82) is 0 Å². The van der Waals surface area contributed by atoms with Crippen molar-refractivity contribution in [3.63, 3.8) is 0 Å². The minimum atomic E-state index is 0. The van der Waals surface area contributed by atoms with E-state index in [4.69, 9.17) is 15.0 Å². The second-order valence-corrected chi connectivity index (χ2v) is 16.9. The number of benzene rings is 10. The Bertz CT molecular complexity index is 3650. The van der Waals surface area contributed by atoms with Gasteiger partial charge in [-0.05, 0) is 118 Å². The predicted molar refractivity (Wildman–Crippen MR) is 274 cm³/mol. The monoisotopic (exact) mass is 1030 g/mol. The molecule has 3 heterocycles. The predicted octanol–water partition coefficient (Wildman–Crippen LogP) is 16.2. The van der Waals surface area contributed by atoms with Crippen LogP contribution in [0.2, 0.25) is 0 Å². The van der Waals surface area contributed by atoms with Gasteiger partial charge in [0, 0.05) is 18.6 Å². The van der Waals surface area contributed by atoms with Crippen LogP contribution in [0.3, 0.4) is 0 Å². The Labute approximate surface area is 401 Å². The van der Waals surface area contributed by atoms with Crippen LogP contribution in [0.5, 0.6) is 0 Å². The molecule has 4 heteroatoms. The zero-order chi connectivity index (χ0) is 43.6. The van der Waals surface area contributed by atoms with E-state index in [9.17, 15) is 0 Å². The van der Waals surface area contributed by atoms with E-state index in [-0.39, 0.29) is 20.1 Å². The molecule has 10 aromatic carbocycles. The second kappa shape index (κ2) is 16.7. The summed E-state index contributed by atoms with van der Waals surface area (Å²) >= 11 is 0. The van der Waals surface area contributed by atoms with Crippen molar-refractivity contribution in [1.82, 2.24) is 15.0 Å². The van der Waals surface area contributed by atoms with Crippen molar-refractivity contribution in [2.24, 2.45) is 0 Å². The fourth-order valence-electron chi connectivity index (χ4n) is 9.87. The molecule has 13 rings (SSSR count). The molecule has 0 N–H and O–H groups in total. The smallest absolute Gasteiger partial charge is 0.303 e. The molecule has 0 unspecified atom stereocenters. The van der Waals surface area contributed by atoms with Gasteiger partial charge in [0.2, 0.25) is 0 Å². The topological polar surface area (TPSA) is 38.7 Å². The van der Waals surface area contributed by atoms with Gasteiger partial charge in [-0.2, -0.15) is 0 Å². The van der Waals surface area contributed by atoms with E-state index in [1.807, 2.05) is 55.0 Å². The van der Waals surface area contributed by atoms with Crippen LogP contribution in [-0.2, 0) is 20.1 Å². The van der Waals surface area contributed by atoms with Crippen LogP contribution in [-0.4, -0.2) is 15.0 Å². The molecule has 0 radical (unpaired) electrons. The molecule has 312 valence electrons. The summed E-state index contributed by atoms with van der Waals surface area (Å²) in [4.78, 5) is 15.2. The third-order valence-corrected chi connectivity index (χ3v) is 13.0. The quantitative estimate of drug-likeness (QED) is 0.123. The van der Waals surface area contributed by atoms with E-state index in [1.54, 1.807) is 0 Å². The summed E-state index contributed by atoms with van der Waals surface area (Å²) in [6, 6.07) is 81.5. The Morgan fingerprint density at radius 2 is 0.522 bits per heavy atom. The van der Waals surface area contributed by atoms with E-state index in [1.165, 1.54) is 0 Å². The van der Waals surface area contributed by atoms with Crippen molar-refractivity contribution < 1.29 is 20.1 Å². The van der Waals surface area contributed by atoms with E-state index in [2.05, 4.69) is 182 Å². The van der Waals surface area contributed by atoms with Gasteiger partial charge in [0.25, 0.3) is 0 Å². The average Bonchev–Trinajstić information content (AvgIpc) is 3.40. The molecular weight excluding hydrogens is 991 g/mol. The molecule has 3 nitrogen and oxygen atoms in total. The zero-order valence-corrected chi connectivity index (χ0v) is 38.4. The van der Waals surface area contributed by atoms with Gasteiger partial charge >= 0.3 is 20.1 Å². The number of hydrogen-bond acceptors (Lipinski definition) is 3. The van der Waals surface area contributed by atoms with Gasteiger partial charge < -0.3 is 15.0 Å². The Morgan fingerprint density at radius 1 is 0.254 bits per heavy atom. The van der Waals surface area contributed by atoms with Gasteiger partial charge in [-0.15, -0.1) is 105 Å². The van der Waals surface area contributed by atoms with Crippen LogP contribution in [0.15, 0.2) is 219 Å². The molecule has 0 aliphatic heterocycles. The molecule has 3 aromatic heterocycles. The SMILES string of the molecule is [Ir+3].[c-]1cccc2ccc3cc(-c4ccccc4-c4cc(-c5ccccc5-c5cnc6c(ccc7ccc[c-]c76)c5)cc(-c5ccccc5-c5cnc6c(ccc7ccc[c-]c76)c5)c4)cnc3c12. The van der Waals surface area contributed by atoms with Crippen molar-refractivity contribution in [2.45, 2.75) is 0 Å². The molecular formula is C63H36IrN3. The van der Waals surface area contributed by atoms with Crippen molar-refractivity contribution in [2.75, 3.05) is 0 Å². The number of hydrogen-bond donors (Lipinski definition) is 0. The first-order chi connectivity index (χ1) is 32.7. The first kappa shape index (κ1) is 40.4. The second-order valence-electron chi connectivity index (χ2n) is 16.9. The van der Waals surface area contributed by atoms with Gasteiger partial charge in [0.05, 0.1) is 0 Å². The average molecular weight is 1030 g/mol. The Morgan fingerprint density at radius 3 is 0.821 bits per heavy atom. The maximum absolute atomic E-state index is 5.07. The fourth-order valence-corrected chi connectivity index (χ4v) is 9.87. The Hall–Kier alpha value is -8.14. The number of rotatable bonds is 6. The molecule has 0 atom stereocenters. The summed E-state index contributed by atoms with van der Waals surface area (Å²) in [6.07, 6.45) is 6.04. The van der Waals surface area contributed by atoms with Gasteiger partial charge in [-0.25, -0.2) is 0 Å².